The maximum Gasteiger partial charge on any atom is 0.243 e. The van der Waals surface area contributed by atoms with Crippen LogP contribution in [0, 0.1) is 0 Å². The topological polar surface area (TPSA) is 95.6 Å². The number of rotatable bonds is 5. The van der Waals surface area contributed by atoms with Crippen molar-refractivity contribution in [2.75, 3.05) is 17.2 Å². The van der Waals surface area contributed by atoms with Gasteiger partial charge in [-0.05, 0) is 60.2 Å². The molecule has 0 saturated carbocycles. The minimum atomic E-state index is -3.81. The van der Waals surface area contributed by atoms with Gasteiger partial charge in [-0.2, -0.15) is 4.31 Å². The van der Waals surface area contributed by atoms with Gasteiger partial charge in [-0.1, -0.05) is 39.3 Å². The molecule has 0 radical (unpaired) electrons. The van der Waals surface area contributed by atoms with Crippen LogP contribution < -0.4 is 10.6 Å². The van der Waals surface area contributed by atoms with E-state index >= 15 is 0 Å². The largest absolute Gasteiger partial charge is 0.326 e. The highest BCUT2D eigenvalue weighted by Crippen LogP contribution is 2.29. The molecule has 2 aromatic rings. The van der Waals surface area contributed by atoms with E-state index in [-0.39, 0.29) is 22.1 Å². The smallest absolute Gasteiger partial charge is 0.243 e. The Balaban J connectivity index is 1.78. The molecule has 7 nitrogen and oxygen atoms in total. The molecule has 1 aliphatic heterocycles. The summed E-state index contributed by atoms with van der Waals surface area (Å²) >= 11 is 0. The van der Waals surface area contributed by atoms with Gasteiger partial charge in [0.25, 0.3) is 0 Å². The standard InChI is InChI=1S/C24H31N3O4S/c1-17(28)25-19-10-12-20(13-11-19)26-23(29)22-7-5-6-16-27(22)32(30,31)21-14-8-18(9-15-21)24(2,3)4/h8-15,22H,5-7,16H2,1-4H3,(H,25,28)(H,26,29)/t22-/m0/s1. The normalized spacial score (nSPS) is 17.6. The van der Waals surface area contributed by atoms with Crippen LogP contribution in [0.15, 0.2) is 53.4 Å². The Bertz CT molecular complexity index is 1070. The molecular weight excluding hydrogens is 426 g/mol. The van der Waals surface area contributed by atoms with Crippen LogP contribution in [0.4, 0.5) is 11.4 Å². The molecule has 1 atom stereocenters. The Morgan fingerprint density at radius 2 is 1.47 bits per heavy atom. The first-order chi connectivity index (χ1) is 15.0. The number of anilines is 2. The highest BCUT2D eigenvalue weighted by Gasteiger charge is 2.37. The summed E-state index contributed by atoms with van der Waals surface area (Å²) < 4.78 is 28.1. The summed E-state index contributed by atoms with van der Waals surface area (Å²) in [6.45, 7) is 7.95. The number of sulfonamides is 1. The van der Waals surface area contributed by atoms with E-state index in [0.717, 1.165) is 12.0 Å². The van der Waals surface area contributed by atoms with E-state index in [1.807, 2.05) is 12.1 Å². The van der Waals surface area contributed by atoms with Crippen molar-refractivity contribution in [3.05, 3.63) is 54.1 Å². The zero-order valence-electron chi connectivity index (χ0n) is 19.0. The molecule has 0 bridgehead atoms. The Morgan fingerprint density at radius 3 is 2.00 bits per heavy atom. The zero-order valence-corrected chi connectivity index (χ0v) is 19.8. The summed E-state index contributed by atoms with van der Waals surface area (Å²) in [6, 6.07) is 12.9. The molecule has 1 fully saturated rings. The fourth-order valence-electron chi connectivity index (χ4n) is 3.78. The third kappa shape index (κ3) is 5.55. The molecule has 1 heterocycles. The average molecular weight is 458 g/mol. The van der Waals surface area contributed by atoms with Crippen LogP contribution in [0.2, 0.25) is 0 Å². The number of nitrogens with one attached hydrogen (secondary N) is 2. The number of hydrogen-bond donors (Lipinski definition) is 2. The van der Waals surface area contributed by atoms with Crippen LogP contribution in [0.5, 0.6) is 0 Å². The minimum Gasteiger partial charge on any atom is -0.326 e. The lowest BCUT2D eigenvalue weighted by atomic mass is 9.87. The van der Waals surface area contributed by atoms with Crippen LogP contribution in [0.3, 0.4) is 0 Å². The number of carbonyl (C=O) groups excluding carboxylic acids is 2. The van der Waals surface area contributed by atoms with Gasteiger partial charge in [0, 0.05) is 24.8 Å². The molecule has 172 valence electrons. The Labute approximate surface area is 190 Å². The van der Waals surface area contributed by atoms with Crippen molar-refractivity contribution in [3.8, 4) is 0 Å². The van der Waals surface area contributed by atoms with Gasteiger partial charge in [-0.25, -0.2) is 8.42 Å². The summed E-state index contributed by atoms with van der Waals surface area (Å²) in [7, 11) is -3.81. The van der Waals surface area contributed by atoms with E-state index in [2.05, 4.69) is 31.4 Å². The Hall–Kier alpha value is -2.71. The number of nitrogens with zero attached hydrogens (tertiary/aromatic N) is 1. The minimum absolute atomic E-state index is 0.0781. The lowest BCUT2D eigenvalue weighted by Crippen LogP contribution is -2.49. The van der Waals surface area contributed by atoms with E-state index in [4.69, 9.17) is 0 Å². The van der Waals surface area contributed by atoms with Crippen LogP contribution in [0.1, 0.15) is 52.5 Å². The molecule has 0 spiro atoms. The maximum absolute atomic E-state index is 13.4. The van der Waals surface area contributed by atoms with Gasteiger partial charge in [0.2, 0.25) is 21.8 Å². The second kappa shape index (κ2) is 9.42. The number of hydrogen-bond acceptors (Lipinski definition) is 4. The first kappa shape index (κ1) is 23.9. The van der Waals surface area contributed by atoms with Crippen LogP contribution >= 0.6 is 0 Å². The molecule has 32 heavy (non-hydrogen) atoms. The molecule has 2 N–H and O–H groups in total. The summed E-state index contributed by atoms with van der Waals surface area (Å²) in [5, 5.41) is 5.48. The van der Waals surface area contributed by atoms with Crippen molar-refractivity contribution in [2.24, 2.45) is 0 Å². The van der Waals surface area contributed by atoms with Crippen molar-refractivity contribution in [1.29, 1.82) is 0 Å². The summed E-state index contributed by atoms with van der Waals surface area (Å²) in [5.41, 5.74) is 2.13. The fraction of sp³-hybridized carbons (Fsp3) is 0.417. The van der Waals surface area contributed by atoms with Crippen LogP contribution in [-0.4, -0.2) is 37.1 Å². The van der Waals surface area contributed by atoms with Crippen molar-refractivity contribution in [2.45, 2.75) is 63.3 Å². The van der Waals surface area contributed by atoms with Gasteiger partial charge in [0.05, 0.1) is 4.90 Å². The number of carbonyl (C=O) groups is 2. The van der Waals surface area contributed by atoms with Gasteiger partial charge in [-0.15, -0.1) is 0 Å². The predicted molar refractivity (Wildman–Crippen MR) is 126 cm³/mol. The van der Waals surface area contributed by atoms with E-state index in [9.17, 15) is 18.0 Å². The molecular formula is C24H31N3O4S. The van der Waals surface area contributed by atoms with Gasteiger partial charge >= 0.3 is 0 Å². The van der Waals surface area contributed by atoms with Gasteiger partial charge in [0.1, 0.15) is 6.04 Å². The monoisotopic (exact) mass is 457 g/mol. The SMILES string of the molecule is CC(=O)Nc1ccc(NC(=O)[C@@H]2CCCCN2S(=O)(=O)c2ccc(C(C)(C)C)cc2)cc1. The number of piperidine rings is 1. The summed E-state index contributed by atoms with van der Waals surface area (Å²) in [5.74, 6) is -0.535. The van der Waals surface area contributed by atoms with Crippen molar-refractivity contribution >= 4 is 33.2 Å². The first-order valence-corrected chi connectivity index (χ1v) is 12.2. The average Bonchev–Trinajstić information content (AvgIpc) is 2.74. The second-order valence-electron chi connectivity index (χ2n) is 9.15. The van der Waals surface area contributed by atoms with E-state index in [0.29, 0.717) is 30.8 Å². The van der Waals surface area contributed by atoms with Gasteiger partial charge in [-0.3, -0.25) is 9.59 Å². The van der Waals surface area contributed by atoms with Gasteiger partial charge in [0.15, 0.2) is 0 Å². The Morgan fingerprint density at radius 1 is 0.906 bits per heavy atom. The van der Waals surface area contributed by atoms with Crippen LogP contribution in [0.25, 0.3) is 0 Å². The molecule has 2 aromatic carbocycles. The van der Waals surface area contributed by atoms with Crippen LogP contribution in [-0.2, 0) is 25.0 Å². The lowest BCUT2D eigenvalue weighted by Gasteiger charge is -2.33. The molecule has 0 aromatic heterocycles. The molecule has 0 unspecified atom stereocenters. The lowest BCUT2D eigenvalue weighted by molar-refractivity contribution is -0.120. The number of amides is 2. The third-order valence-corrected chi connectivity index (χ3v) is 7.48. The van der Waals surface area contributed by atoms with Gasteiger partial charge < -0.3 is 10.6 Å². The number of benzene rings is 2. The van der Waals surface area contributed by atoms with Crippen molar-refractivity contribution in [1.82, 2.24) is 4.31 Å². The summed E-state index contributed by atoms with van der Waals surface area (Å²) in [4.78, 5) is 24.4. The fourth-order valence-corrected chi connectivity index (χ4v) is 5.44. The van der Waals surface area contributed by atoms with E-state index in [1.54, 1.807) is 36.4 Å². The van der Waals surface area contributed by atoms with Crippen molar-refractivity contribution in [3.63, 3.8) is 0 Å². The molecule has 2 amide bonds. The third-order valence-electron chi connectivity index (χ3n) is 5.56. The highest BCUT2D eigenvalue weighted by molar-refractivity contribution is 7.89. The summed E-state index contributed by atoms with van der Waals surface area (Å²) in [6.07, 6.45) is 1.97. The van der Waals surface area contributed by atoms with E-state index < -0.39 is 16.1 Å². The first-order valence-electron chi connectivity index (χ1n) is 10.8. The quantitative estimate of drug-likeness (QED) is 0.706. The zero-order chi connectivity index (χ0) is 23.5. The Kier molecular flexibility index (Phi) is 7.05. The molecule has 0 aliphatic carbocycles. The second-order valence-corrected chi connectivity index (χ2v) is 11.0. The molecule has 1 aliphatic rings. The molecule has 8 heteroatoms. The van der Waals surface area contributed by atoms with Crippen molar-refractivity contribution < 1.29 is 18.0 Å². The molecule has 3 rings (SSSR count). The molecule has 1 saturated heterocycles. The maximum atomic E-state index is 13.4. The van der Waals surface area contributed by atoms with E-state index in [1.165, 1.54) is 11.2 Å². The predicted octanol–water partition coefficient (Wildman–Crippen LogP) is 4.12. The highest BCUT2D eigenvalue weighted by atomic mass is 32.2.